The van der Waals surface area contributed by atoms with Crippen molar-refractivity contribution < 1.29 is 4.79 Å². The smallest absolute Gasteiger partial charge is 0.242 e. The van der Waals surface area contributed by atoms with Crippen molar-refractivity contribution in [2.75, 3.05) is 5.32 Å². The number of hydrogen-bond donors (Lipinski definition) is 2. The first-order valence-electron chi connectivity index (χ1n) is 6.17. The molecule has 0 unspecified atom stereocenters. The standard InChI is InChI=1S/C14H18N4O.ClH/c1-10-8-13(18(2)17-10)16-14(19)12(15)9-11-6-4-3-5-7-11;/h3-8,12H,9,15H2,1-2H3,(H,16,19);1H/t12-;/m0./s1. The number of halogens is 1. The van der Waals surface area contributed by atoms with Crippen molar-refractivity contribution in [2.45, 2.75) is 19.4 Å². The number of anilines is 1. The van der Waals surface area contributed by atoms with E-state index in [1.165, 1.54) is 0 Å². The number of nitrogens with one attached hydrogen (secondary N) is 1. The molecule has 2 rings (SSSR count). The van der Waals surface area contributed by atoms with Gasteiger partial charge in [0.2, 0.25) is 5.91 Å². The first-order valence-corrected chi connectivity index (χ1v) is 6.17. The molecule has 0 spiro atoms. The van der Waals surface area contributed by atoms with Crippen LogP contribution in [0.25, 0.3) is 0 Å². The van der Waals surface area contributed by atoms with Gasteiger partial charge in [-0.05, 0) is 18.9 Å². The molecule has 1 amide bonds. The summed E-state index contributed by atoms with van der Waals surface area (Å²) in [6.07, 6.45) is 0.517. The minimum absolute atomic E-state index is 0. The summed E-state index contributed by atoms with van der Waals surface area (Å²) >= 11 is 0. The van der Waals surface area contributed by atoms with Crippen LogP contribution in [0.1, 0.15) is 11.3 Å². The second-order valence-electron chi connectivity index (χ2n) is 4.58. The Morgan fingerprint density at radius 1 is 1.40 bits per heavy atom. The second kappa shape index (κ2) is 7.07. The van der Waals surface area contributed by atoms with Crippen molar-refractivity contribution >= 4 is 24.1 Å². The van der Waals surface area contributed by atoms with Crippen LogP contribution in [0.2, 0.25) is 0 Å². The predicted molar refractivity (Wildman–Crippen MR) is 81.9 cm³/mol. The number of amides is 1. The SMILES string of the molecule is Cc1cc(NC(=O)[C@@H](N)Cc2ccccc2)n(C)n1.Cl. The fraction of sp³-hybridized carbons (Fsp3) is 0.286. The van der Waals surface area contributed by atoms with Gasteiger partial charge in [0, 0.05) is 13.1 Å². The summed E-state index contributed by atoms with van der Waals surface area (Å²) in [5.74, 6) is 0.456. The number of nitrogens with two attached hydrogens (primary N) is 1. The zero-order valence-electron chi connectivity index (χ0n) is 11.5. The molecule has 6 heteroatoms. The van der Waals surface area contributed by atoms with Gasteiger partial charge in [-0.15, -0.1) is 12.4 Å². The number of benzene rings is 1. The number of carbonyl (C=O) groups excluding carboxylic acids is 1. The third-order valence-electron chi connectivity index (χ3n) is 2.89. The van der Waals surface area contributed by atoms with Crippen molar-refractivity contribution in [3.05, 3.63) is 47.7 Å². The number of carbonyl (C=O) groups is 1. The van der Waals surface area contributed by atoms with Crippen molar-refractivity contribution in [2.24, 2.45) is 12.8 Å². The highest BCUT2D eigenvalue weighted by molar-refractivity contribution is 5.94. The van der Waals surface area contributed by atoms with E-state index >= 15 is 0 Å². The minimum atomic E-state index is -0.572. The molecule has 0 bridgehead atoms. The number of nitrogens with zero attached hydrogens (tertiary/aromatic N) is 2. The number of rotatable bonds is 4. The maximum atomic E-state index is 12.0. The molecular formula is C14H19ClN4O. The summed E-state index contributed by atoms with van der Waals surface area (Å²) in [6, 6.07) is 11.0. The van der Waals surface area contributed by atoms with Crippen LogP contribution < -0.4 is 11.1 Å². The molecule has 2 aromatic rings. The summed E-state index contributed by atoms with van der Waals surface area (Å²) in [7, 11) is 1.78. The van der Waals surface area contributed by atoms with Gasteiger partial charge < -0.3 is 11.1 Å². The maximum absolute atomic E-state index is 12.0. The molecular weight excluding hydrogens is 276 g/mol. The fourth-order valence-electron chi connectivity index (χ4n) is 1.91. The van der Waals surface area contributed by atoms with Gasteiger partial charge in [-0.1, -0.05) is 30.3 Å². The van der Waals surface area contributed by atoms with E-state index < -0.39 is 6.04 Å². The Kier molecular flexibility index (Phi) is 5.73. The molecule has 0 aliphatic carbocycles. The lowest BCUT2D eigenvalue weighted by atomic mass is 10.1. The minimum Gasteiger partial charge on any atom is -0.320 e. The van der Waals surface area contributed by atoms with Crippen molar-refractivity contribution in [1.29, 1.82) is 0 Å². The average Bonchev–Trinajstić information content (AvgIpc) is 2.69. The predicted octanol–water partition coefficient (Wildman–Crippen LogP) is 1.66. The zero-order valence-corrected chi connectivity index (χ0v) is 12.4. The van der Waals surface area contributed by atoms with Gasteiger partial charge in [0.1, 0.15) is 5.82 Å². The van der Waals surface area contributed by atoms with Crippen molar-refractivity contribution in [1.82, 2.24) is 9.78 Å². The summed E-state index contributed by atoms with van der Waals surface area (Å²) in [5, 5.41) is 6.96. The molecule has 0 fully saturated rings. The summed E-state index contributed by atoms with van der Waals surface area (Å²) in [4.78, 5) is 12.0. The Labute approximate surface area is 124 Å². The normalized spacial score (nSPS) is 11.6. The van der Waals surface area contributed by atoms with Crippen LogP contribution in [0.5, 0.6) is 0 Å². The zero-order chi connectivity index (χ0) is 13.8. The molecule has 0 aliphatic rings. The molecule has 20 heavy (non-hydrogen) atoms. The highest BCUT2D eigenvalue weighted by atomic mass is 35.5. The largest absolute Gasteiger partial charge is 0.320 e. The molecule has 108 valence electrons. The van der Waals surface area contributed by atoms with Gasteiger partial charge in [-0.25, -0.2) is 0 Å². The molecule has 0 aliphatic heterocycles. The molecule has 1 heterocycles. The summed E-state index contributed by atoms with van der Waals surface area (Å²) in [6.45, 7) is 1.87. The Morgan fingerprint density at radius 3 is 2.60 bits per heavy atom. The molecule has 0 radical (unpaired) electrons. The quantitative estimate of drug-likeness (QED) is 0.901. The fourth-order valence-corrected chi connectivity index (χ4v) is 1.91. The Balaban J connectivity index is 0.00000200. The van der Waals surface area contributed by atoms with Crippen molar-refractivity contribution in [3.63, 3.8) is 0 Å². The van der Waals surface area contributed by atoms with Gasteiger partial charge in [0.25, 0.3) is 0 Å². The molecule has 3 N–H and O–H groups in total. The first kappa shape index (κ1) is 16.2. The third-order valence-corrected chi connectivity index (χ3v) is 2.89. The maximum Gasteiger partial charge on any atom is 0.242 e. The molecule has 1 atom stereocenters. The van der Waals surface area contributed by atoms with Gasteiger partial charge in [-0.2, -0.15) is 5.10 Å². The van der Waals surface area contributed by atoms with Crippen LogP contribution in [-0.4, -0.2) is 21.7 Å². The second-order valence-corrected chi connectivity index (χ2v) is 4.58. The van der Waals surface area contributed by atoms with Crippen LogP contribution in [0.4, 0.5) is 5.82 Å². The highest BCUT2D eigenvalue weighted by Gasteiger charge is 2.15. The van der Waals surface area contributed by atoms with E-state index in [0.29, 0.717) is 12.2 Å². The van der Waals surface area contributed by atoms with Crippen LogP contribution in [-0.2, 0) is 18.3 Å². The van der Waals surface area contributed by atoms with Gasteiger partial charge in [-0.3, -0.25) is 9.48 Å². The Morgan fingerprint density at radius 2 is 2.05 bits per heavy atom. The molecule has 1 aromatic carbocycles. The first-order chi connectivity index (χ1) is 9.06. The number of aryl methyl sites for hydroxylation is 2. The van der Waals surface area contributed by atoms with E-state index in [4.69, 9.17) is 5.73 Å². The van der Waals surface area contributed by atoms with Crippen molar-refractivity contribution in [3.8, 4) is 0 Å². The third kappa shape index (κ3) is 4.08. The molecule has 5 nitrogen and oxygen atoms in total. The van der Waals surface area contributed by atoms with E-state index in [0.717, 1.165) is 11.3 Å². The van der Waals surface area contributed by atoms with Crippen LogP contribution in [0.3, 0.4) is 0 Å². The van der Waals surface area contributed by atoms with Crippen LogP contribution >= 0.6 is 12.4 Å². The lowest BCUT2D eigenvalue weighted by molar-refractivity contribution is -0.117. The van der Waals surface area contributed by atoms with E-state index in [1.807, 2.05) is 43.3 Å². The van der Waals surface area contributed by atoms with Gasteiger partial charge in [0.05, 0.1) is 11.7 Å². The Bertz CT molecular complexity index is 568. The highest BCUT2D eigenvalue weighted by Crippen LogP contribution is 2.09. The van der Waals surface area contributed by atoms with E-state index in [1.54, 1.807) is 11.7 Å². The van der Waals surface area contributed by atoms with Gasteiger partial charge in [0.15, 0.2) is 0 Å². The molecule has 1 aromatic heterocycles. The van der Waals surface area contributed by atoms with Crippen LogP contribution in [0.15, 0.2) is 36.4 Å². The molecule has 0 saturated heterocycles. The lowest BCUT2D eigenvalue weighted by Gasteiger charge is -2.12. The lowest BCUT2D eigenvalue weighted by Crippen LogP contribution is -2.37. The number of hydrogen-bond acceptors (Lipinski definition) is 3. The topological polar surface area (TPSA) is 72.9 Å². The van der Waals surface area contributed by atoms with Gasteiger partial charge >= 0.3 is 0 Å². The average molecular weight is 295 g/mol. The van der Waals surface area contributed by atoms with E-state index in [-0.39, 0.29) is 18.3 Å². The number of aromatic nitrogens is 2. The van der Waals surface area contributed by atoms with E-state index in [9.17, 15) is 4.79 Å². The van der Waals surface area contributed by atoms with Crippen LogP contribution in [0, 0.1) is 6.92 Å². The monoisotopic (exact) mass is 294 g/mol. The summed E-state index contributed by atoms with van der Waals surface area (Å²) < 4.78 is 1.63. The Hall–Kier alpha value is -1.85. The van der Waals surface area contributed by atoms with E-state index in [2.05, 4.69) is 10.4 Å². The molecule has 0 saturated carbocycles. The summed E-state index contributed by atoms with van der Waals surface area (Å²) in [5.41, 5.74) is 7.82.